The van der Waals surface area contributed by atoms with Crippen molar-refractivity contribution >= 4 is 12.0 Å². The molecule has 0 N–H and O–H groups in total. The lowest BCUT2D eigenvalue weighted by Gasteiger charge is -2.03. The molecule has 0 aliphatic carbocycles. The van der Waals surface area contributed by atoms with Crippen molar-refractivity contribution in [1.29, 1.82) is 5.26 Å². The molecule has 5 heteroatoms. The van der Waals surface area contributed by atoms with E-state index in [0.717, 1.165) is 22.6 Å². The molecule has 0 radical (unpaired) electrons. The number of esters is 1. The van der Waals surface area contributed by atoms with Gasteiger partial charge in [0.1, 0.15) is 6.07 Å². The first-order valence-corrected chi connectivity index (χ1v) is 6.47. The van der Waals surface area contributed by atoms with E-state index in [1.165, 1.54) is 6.08 Å². The quantitative estimate of drug-likeness (QED) is 0.638. The second kappa shape index (κ2) is 6.53. The average Bonchev–Trinajstić information content (AvgIpc) is 2.79. The van der Waals surface area contributed by atoms with Gasteiger partial charge in [-0.2, -0.15) is 10.4 Å². The molecule has 0 fully saturated rings. The molecule has 1 aromatic carbocycles. The predicted octanol–water partition coefficient (Wildman–Crippen LogP) is 2.57. The lowest BCUT2D eigenvalue weighted by Crippen LogP contribution is -2.00. The molecule has 0 aliphatic heterocycles. The molecule has 0 atom stereocenters. The molecular weight excluding hydrogens is 266 g/mol. The Kier molecular flexibility index (Phi) is 4.52. The number of aromatic nitrogens is 2. The molecule has 5 nitrogen and oxygen atoms in total. The van der Waals surface area contributed by atoms with Crippen molar-refractivity contribution in [2.75, 3.05) is 6.61 Å². The Bertz CT molecular complexity index is 709. The Hall–Kier alpha value is -2.87. The summed E-state index contributed by atoms with van der Waals surface area (Å²) in [7, 11) is 0. The van der Waals surface area contributed by atoms with Crippen molar-refractivity contribution in [2.45, 2.75) is 13.8 Å². The first-order chi connectivity index (χ1) is 10.1. The molecule has 0 unspecified atom stereocenters. The van der Waals surface area contributed by atoms with Crippen LogP contribution in [0.4, 0.5) is 0 Å². The van der Waals surface area contributed by atoms with Gasteiger partial charge in [-0.15, -0.1) is 0 Å². The Morgan fingerprint density at radius 1 is 1.38 bits per heavy atom. The van der Waals surface area contributed by atoms with Gasteiger partial charge in [0.25, 0.3) is 0 Å². The van der Waals surface area contributed by atoms with E-state index in [1.807, 2.05) is 48.9 Å². The third kappa shape index (κ3) is 3.37. The fourth-order valence-electron chi connectivity index (χ4n) is 2.02. The van der Waals surface area contributed by atoms with E-state index in [4.69, 9.17) is 5.26 Å². The van der Waals surface area contributed by atoms with E-state index >= 15 is 0 Å². The highest BCUT2D eigenvalue weighted by Crippen LogP contribution is 2.19. The van der Waals surface area contributed by atoms with E-state index in [9.17, 15) is 4.79 Å². The van der Waals surface area contributed by atoms with Crippen molar-refractivity contribution in [3.8, 4) is 11.8 Å². The summed E-state index contributed by atoms with van der Waals surface area (Å²) in [4.78, 5) is 11.4. The minimum Gasteiger partial charge on any atom is -0.447 e. The first-order valence-electron chi connectivity index (χ1n) is 6.47. The fraction of sp³-hybridized carbons (Fsp3) is 0.188. The zero-order valence-electron chi connectivity index (χ0n) is 11.9. The topological polar surface area (TPSA) is 67.9 Å². The zero-order chi connectivity index (χ0) is 15.2. The smallest absolute Gasteiger partial charge is 0.331 e. The minimum atomic E-state index is -0.539. The van der Waals surface area contributed by atoms with Gasteiger partial charge in [0.05, 0.1) is 11.4 Å². The number of hydrogen-bond acceptors (Lipinski definition) is 4. The summed E-state index contributed by atoms with van der Waals surface area (Å²) in [6, 6.07) is 11.5. The van der Waals surface area contributed by atoms with E-state index in [2.05, 4.69) is 9.84 Å². The fourth-order valence-corrected chi connectivity index (χ4v) is 2.02. The van der Waals surface area contributed by atoms with Crippen LogP contribution in [0.3, 0.4) is 0 Å². The average molecular weight is 281 g/mol. The molecule has 1 heterocycles. The third-order valence-corrected chi connectivity index (χ3v) is 3.01. The number of carbonyl (C=O) groups excluding carboxylic acids is 1. The molecule has 0 amide bonds. The van der Waals surface area contributed by atoms with Crippen molar-refractivity contribution in [1.82, 2.24) is 9.78 Å². The van der Waals surface area contributed by atoms with Crippen LogP contribution in [0.15, 0.2) is 36.4 Å². The van der Waals surface area contributed by atoms with Gasteiger partial charge >= 0.3 is 5.97 Å². The number of para-hydroxylation sites is 1. The van der Waals surface area contributed by atoms with Gasteiger partial charge in [0.2, 0.25) is 0 Å². The van der Waals surface area contributed by atoms with Crippen LogP contribution in [0, 0.1) is 25.2 Å². The Balaban J connectivity index is 2.27. The summed E-state index contributed by atoms with van der Waals surface area (Å²) in [5.41, 5.74) is 3.58. The van der Waals surface area contributed by atoms with Crippen molar-refractivity contribution in [3.63, 3.8) is 0 Å². The summed E-state index contributed by atoms with van der Waals surface area (Å²) in [5, 5.41) is 12.8. The highest BCUT2D eigenvalue weighted by molar-refractivity contribution is 5.87. The molecule has 0 aliphatic rings. The van der Waals surface area contributed by atoms with Crippen LogP contribution in [0.1, 0.15) is 17.0 Å². The maximum Gasteiger partial charge on any atom is 0.331 e. The summed E-state index contributed by atoms with van der Waals surface area (Å²) >= 11 is 0. The summed E-state index contributed by atoms with van der Waals surface area (Å²) in [6.45, 7) is 3.57. The van der Waals surface area contributed by atoms with Crippen LogP contribution >= 0.6 is 0 Å². The van der Waals surface area contributed by atoms with Crippen LogP contribution < -0.4 is 0 Å². The number of carbonyl (C=O) groups is 1. The third-order valence-electron chi connectivity index (χ3n) is 3.01. The maximum atomic E-state index is 11.4. The zero-order valence-corrected chi connectivity index (χ0v) is 11.9. The molecule has 21 heavy (non-hydrogen) atoms. The number of aryl methyl sites for hydroxylation is 1. The number of nitrogens with zero attached hydrogens (tertiary/aromatic N) is 3. The molecule has 0 saturated heterocycles. The monoisotopic (exact) mass is 281 g/mol. The number of rotatable bonds is 4. The Morgan fingerprint density at radius 3 is 2.76 bits per heavy atom. The number of hydrogen-bond donors (Lipinski definition) is 0. The lowest BCUT2D eigenvalue weighted by molar-refractivity contribution is -0.136. The minimum absolute atomic E-state index is 0.246. The maximum absolute atomic E-state index is 11.4. The molecule has 2 rings (SSSR count). The van der Waals surface area contributed by atoms with Gasteiger partial charge in [-0.1, -0.05) is 18.2 Å². The predicted molar refractivity (Wildman–Crippen MR) is 78.6 cm³/mol. The van der Waals surface area contributed by atoms with Crippen LogP contribution in [-0.2, 0) is 9.53 Å². The van der Waals surface area contributed by atoms with Crippen LogP contribution in [0.2, 0.25) is 0 Å². The van der Waals surface area contributed by atoms with Crippen molar-refractivity contribution < 1.29 is 9.53 Å². The summed E-state index contributed by atoms with van der Waals surface area (Å²) < 4.78 is 6.50. The second-order valence-corrected chi connectivity index (χ2v) is 4.43. The highest BCUT2D eigenvalue weighted by Gasteiger charge is 2.10. The molecule has 1 aromatic heterocycles. The van der Waals surface area contributed by atoms with Crippen LogP contribution in [0.5, 0.6) is 0 Å². The van der Waals surface area contributed by atoms with Crippen molar-refractivity contribution in [3.05, 3.63) is 53.4 Å². The number of ether oxygens (including phenoxy) is 1. The molecule has 2 aromatic rings. The highest BCUT2D eigenvalue weighted by atomic mass is 16.5. The number of benzene rings is 1. The van der Waals surface area contributed by atoms with Gasteiger partial charge in [-0.3, -0.25) is 0 Å². The van der Waals surface area contributed by atoms with Gasteiger partial charge < -0.3 is 4.74 Å². The second-order valence-electron chi connectivity index (χ2n) is 4.43. The van der Waals surface area contributed by atoms with E-state index in [0.29, 0.717) is 0 Å². The molecule has 0 saturated carbocycles. The Morgan fingerprint density at radius 2 is 2.10 bits per heavy atom. The lowest BCUT2D eigenvalue weighted by atomic mass is 10.2. The van der Waals surface area contributed by atoms with Crippen LogP contribution in [0.25, 0.3) is 11.8 Å². The molecule has 0 bridgehead atoms. The summed E-state index contributed by atoms with van der Waals surface area (Å²) in [6.07, 6.45) is 2.97. The molecule has 106 valence electrons. The normalized spacial score (nSPS) is 10.5. The van der Waals surface area contributed by atoms with E-state index < -0.39 is 5.97 Å². The van der Waals surface area contributed by atoms with Gasteiger partial charge in [0, 0.05) is 17.3 Å². The van der Waals surface area contributed by atoms with Gasteiger partial charge in [0.15, 0.2) is 6.61 Å². The molecule has 0 spiro atoms. The standard InChI is InChI=1S/C16H15N3O2/c1-12-15(8-9-16(20)21-11-10-17)13(2)19(18-12)14-6-4-3-5-7-14/h3-9H,11H2,1-2H3/b9-8+. The Labute approximate surface area is 123 Å². The van der Waals surface area contributed by atoms with Crippen LogP contribution in [-0.4, -0.2) is 22.4 Å². The van der Waals surface area contributed by atoms with Crippen molar-refractivity contribution in [2.24, 2.45) is 0 Å². The van der Waals surface area contributed by atoms with Gasteiger partial charge in [-0.05, 0) is 32.1 Å². The SMILES string of the molecule is Cc1nn(-c2ccccc2)c(C)c1/C=C/C(=O)OCC#N. The summed E-state index contributed by atoms with van der Waals surface area (Å²) in [5.74, 6) is -0.539. The van der Waals surface area contributed by atoms with E-state index in [-0.39, 0.29) is 6.61 Å². The molecular formula is C16H15N3O2. The van der Waals surface area contributed by atoms with E-state index in [1.54, 1.807) is 12.1 Å². The largest absolute Gasteiger partial charge is 0.447 e. The number of nitriles is 1. The first kappa shape index (κ1) is 14.5. The van der Waals surface area contributed by atoms with Gasteiger partial charge in [-0.25, -0.2) is 9.48 Å².